The van der Waals surface area contributed by atoms with Crippen LogP contribution in [0.5, 0.6) is 17.2 Å². The van der Waals surface area contributed by atoms with E-state index in [0.717, 1.165) is 16.7 Å². The Morgan fingerprint density at radius 3 is 1.84 bits per heavy atom. The van der Waals surface area contributed by atoms with Gasteiger partial charge in [-0.3, -0.25) is 4.18 Å². The molecule has 0 radical (unpaired) electrons. The van der Waals surface area contributed by atoms with E-state index < -0.39 is 10.1 Å². The minimum Gasteiger partial charge on any atom is -0.493 e. The molecule has 4 rings (SSSR count). The van der Waals surface area contributed by atoms with E-state index in [1.165, 1.54) is 0 Å². The Morgan fingerprint density at radius 1 is 0.622 bits per heavy atom. The quantitative estimate of drug-likeness (QED) is 0.152. The van der Waals surface area contributed by atoms with Gasteiger partial charge in [0.1, 0.15) is 19.0 Å². The average molecular weight is 519 g/mol. The molecule has 0 saturated heterocycles. The largest absolute Gasteiger partial charge is 0.493 e. The first-order valence-corrected chi connectivity index (χ1v) is 13.5. The molecule has 4 aromatic rings. The molecule has 4 aromatic carbocycles. The maximum Gasteiger partial charge on any atom is 0.296 e. The highest BCUT2D eigenvalue weighted by molar-refractivity contribution is 7.86. The number of rotatable bonds is 13. The van der Waals surface area contributed by atoms with E-state index in [4.69, 9.17) is 18.4 Å². The second-order valence-electron chi connectivity index (χ2n) is 8.45. The van der Waals surface area contributed by atoms with Gasteiger partial charge in [-0.15, -0.1) is 0 Å². The fourth-order valence-electron chi connectivity index (χ4n) is 3.47. The van der Waals surface area contributed by atoms with E-state index in [2.05, 4.69) is 0 Å². The van der Waals surface area contributed by atoms with E-state index in [9.17, 15) is 8.42 Å². The first-order valence-electron chi connectivity index (χ1n) is 12.1. The molecule has 6 nitrogen and oxygen atoms in total. The summed E-state index contributed by atoms with van der Waals surface area (Å²) in [6.07, 6.45) is 0.400. The van der Waals surface area contributed by atoms with Gasteiger partial charge >= 0.3 is 0 Å². The highest BCUT2D eigenvalue weighted by atomic mass is 32.2. The molecule has 0 bridgehead atoms. The Labute approximate surface area is 218 Å². The lowest BCUT2D eigenvalue weighted by molar-refractivity contribution is 0.242. The third-order valence-corrected chi connectivity index (χ3v) is 6.82. The summed E-state index contributed by atoms with van der Waals surface area (Å²) >= 11 is 0. The van der Waals surface area contributed by atoms with Gasteiger partial charge < -0.3 is 14.2 Å². The number of benzene rings is 4. The zero-order valence-electron chi connectivity index (χ0n) is 20.7. The van der Waals surface area contributed by atoms with Crippen LogP contribution in [0, 0.1) is 6.92 Å². The lowest BCUT2D eigenvalue weighted by Crippen LogP contribution is -2.10. The molecule has 0 heterocycles. The smallest absolute Gasteiger partial charge is 0.296 e. The van der Waals surface area contributed by atoms with Crippen LogP contribution in [-0.4, -0.2) is 21.6 Å². The first kappa shape index (κ1) is 26.3. The molecule has 0 spiro atoms. The highest BCUT2D eigenvalue weighted by Crippen LogP contribution is 2.33. The standard InChI is InChI=1S/C30H30O6S/c1-24-13-16-28(17-14-24)37(31,32)36-20-8-19-33-27-15-18-29(34-22-25-9-4-2-5-10-25)30(21-27)35-23-26-11-6-3-7-12-26/h2-7,9-18,21H,8,19-20,22-23H2,1H3. The summed E-state index contributed by atoms with van der Waals surface area (Å²) < 4.78 is 47.7. The van der Waals surface area contributed by atoms with Gasteiger partial charge in [0.25, 0.3) is 10.1 Å². The van der Waals surface area contributed by atoms with Crippen molar-refractivity contribution in [3.8, 4) is 17.2 Å². The summed E-state index contributed by atoms with van der Waals surface area (Å²) in [6, 6.07) is 31.8. The molecule has 0 saturated carbocycles. The Hall–Kier alpha value is -3.81. The van der Waals surface area contributed by atoms with Crippen molar-refractivity contribution in [3.63, 3.8) is 0 Å². The van der Waals surface area contributed by atoms with E-state index in [-0.39, 0.29) is 18.1 Å². The Balaban J connectivity index is 1.34. The van der Waals surface area contributed by atoms with Crippen LogP contribution < -0.4 is 14.2 Å². The third-order valence-electron chi connectivity index (χ3n) is 5.50. The van der Waals surface area contributed by atoms with Crippen molar-refractivity contribution in [1.82, 2.24) is 0 Å². The second kappa shape index (κ2) is 12.9. The van der Waals surface area contributed by atoms with Gasteiger partial charge in [0.15, 0.2) is 11.5 Å². The second-order valence-corrected chi connectivity index (χ2v) is 10.1. The molecule has 0 amide bonds. The number of ether oxygens (including phenoxy) is 3. The maximum absolute atomic E-state index is 12.3. The summed E-state index contributed by atoms with van der Waals surface area (Å²) in [4.78, 5) is 0.144. The van der Waals surface area contributed by atoms with Crippen LogP contribution in [0.4, 0.5) is 0 Å². The molecule has 0 aromatic heterocycles. The zero-order chi connectivity index (χ0) is 25.9. The molecule has 0 aliphatic carbocycles. The van der Waals surface area contributed by atoms with Gasteiger partial charge in [-0.25, -0.2) is 0 Å². The summed E-state index contributed by atoms with van der Waals surface area (Å²) in [5.41, 5.74) is 3.07. The van der Waals surface area contributed by atoms with Crippen LogP contribution in [0.1, 0.15) is 23.1 Å². The minimum atomic E-state index is -3.79. The van der Waals surface area contributed by atoms with E-state index in [1.54, 1.807) is 36.4 Å². The highest BCUT2D eigenvalue weighted by Gasteiger charge is 2.14. The van der Waals surface area contributed by atoms with Crippen molar-refractivity contribution in [1.29, 1.82) is 0 Å². The van der Waals surface area contributed by atoms with Crippen LogP contribution in [0.2, 0.25) is 0 Å². The number of hydrogen-bond acceptors (Lipinski definition) is 6. The Morgan fingerprint density at radius 2 is 1.22 bits per heavy atom. The Bertz CT molecular complexity index is 1350. The molecule has 37 heavy (non-hydrogen) atoms. The van der Waals surface area contributed by atoms with Crippen molar-refractivity contribution in [2.24, 2.45) is 0 Å². The van der Waals surface area contributed by atoms with Crippen LogP contribution in [0.25, 0.3) is 0 Å². The summed E-state index contributed by atoms with van der Waals surface area (Å²) in [5, 5.41) is 0. The molecule has 0 unspecified atom stereocenters. The lowest BCUT2D eigenvalue weighted by atomic mass is 10.2. The first-order chi connectivity index (χ1) is 18.0. The number of aryl methyl sites for hydroxylation is 1. The molecule has 0 N–H and O–H groups in total. The Kier molecular flexibility index (Phi) is 9.18. The minimum absolute atomic E-state index is 0.0197. The van der Waals surface area contributed by atoms with Gasteiger partial charge in [-0.1, -0.05) is 78.4 Å². The lowest BCUT2D eigenvalue weighted by Gasteiger charge is -2.15. The van der Waals surface area contributed by atoms with Gasteiger partial charge in [-0.2, -0.15) is 8.42 Å². The molecule has 7 heteroatoms. The van der Waals surface area contributed by atoms with Gasteiger partial charge in [0.2, 0.25) is 0 Å². The maximum atomic E-state index is 12.3. The van der Waals surface area contributed by atoms with Crippen LogP contribution in [0.3, 0.4) is 0 Å². The van der Waals surface area contributed by atoms with Crippen molar-refractivity contribution in [2.45, 2.75) is 31.5 Å². The third kappa shape index (κ3) is 8.10. The zero-order valence-corrected chi connectivity index (χ0v) is 21.5. The van der Waals surface area contributed by atoms with E-state index in [0.29, 0.717) is 36.9 Å². The molecule has 0 aliphatic rings. The normalized spacial score (nSPS) is 11.2. The van der Waals surface area contributed by atoms with Crippen molar-refractivity contribution < 1.29 is 26.8 Å². The predicted octanol–water partition coefficient (Wildman–Crippen LogP) is 6.33. The monoisotopic (exact) mass is 518 g/mol. The van der Waals surface area contributed by atoms with Gasteiger partial charge in [0, 0.05) is 12.5 Å². The van der Waals surface area contributed by atoms with Crippen LogP contribution in [0.15, 0.2) is 108 Å². The fourth-order valence-corrected chi connectivity index (χ4v) is 4.41. The fraction of sp³-hybridized carbons (Fsp3) is 0.200. The summed E-state index contributed by atoms with van der Waals surface area (Å²) in [6.45, 7) is 3.00. The van der Waals surface area contributed by atoms with Crippen LogP contribution >= 0.6 is 0 Å². The van der Waals surface area contributed by atoms with Crippen molar-refractivity contribution in [3.05, 3.63) is 120 Å². The topological polar surface area (TPSA) is 71.1 Å². The molecule has 0 fully saturated rings. The summed E-state index contributed by atoms with van der Waals surface area (Å²) in [5.74, 6) is 1.77. The average Bonchev–Trinajstić information content (AvgIpc) is 2.92. The number of hydrogen-bond donors (Lipinski definition) is 0. The van der Waals surface area contributed by atoms with Crippen LogP contribution in [-0.2, 0) is 27.5 Å². The van der Waals surface area contributed by atoms with Crippen molar-refractivity contribution >= 4 is 10.1 Å². The molecular weight excluding hydrogens is 488 g/mol. The summed E-state index contributed by atoms with van der Waals surface area (Å²) in [7, 11) is -3.79. The van der Waals surface area contributed by atoms with Crippen molar-refractivity contribution in [2.75, 3.05) is 13.2 Å². The SMILES string of the molecule is Cc1ccc(S(=O)(=O)OCCCOc2ccc(OCc3ccccc3)c(OCc3ccccc3)c2)cc1. The van der Waals surface area contributed by atoms with E-state index in [1.807, 2.05) is 73.7 Å². The van der Waals surface area contributed by atoms with Gasteiger partial charge in [0.05, 0.1) is 18.1 Å². The molecule has 0 atom stereocenters. The molecule has 0 aliphatic heterocycles. The van der Waals surface area contributed by atoms with E-state index >= 15 is 0 Å². The van der Waals surface area contributed by atoms with Gasteiger partial charge in [-0.05, 0) is 42.3 Å². The molecular formula is C30H30O6S. The predicted molar refractivity (Wildman–Crippen MR) is 142 cm³/mol. The molecule has 192 valence electrons.